The van der Waals surface area contributed by atoms with Crippen molar-refractivity contribution in [2.75, 3.05) is 11.6 Å². The highest BCUT2D eigenvalue weighted by molar-refractivity contribution is 5.73. The van der Waals surface area contributed by atoms with Crippen molar-refractivity contribution in [3.05, 3.63) is 30.1 Å². The van der Waals surface area contributed by atoms with Gasteiger partial charge in [-0.1, -0.05) is 6.92 Å². The fourth-order valence-corrected chi connectivity index (χ4v) is 1.85. The molecule has 23 heavy (non-hydrogen) atoms. The lowest BCUT2D eigenvalue weighted by atomic mass is 10.3. The van der Waals surface area contributed by atoms with E-state index >= 15 is 0 Å². The first-order valence-corrected chi connectivity index (χ1v) is 6.91. The number of hydrogen-bond donors (Lipinski definition) is 2. The molecule has 0 spiro atoms. The number of alkyl halides is 3. The van der Waals surface area contributed by atoms with Crippen molar-refractivity contribution in [2.45, 2.75) is 32.5 Å². The van der Waals surface area contributed by atoms with E-state index in [0.29, 0.717) is 29.5 Å². The fourth-order valence-electron chi connectivity index (χ4n) is 1.85. The number of nitrogens with zero attached hydrogens (tertiary/aromatic N) is 5. The van der Waals surface area contributed by atoms with Crippen LogP contribution in [0.25, 0.3) is 11.0 Å². The van der Waals surface area contributed by atoms with Gasteiger partial charge in [0.2, 0.25) is 0 Å². The Morgan fingerprint density at radius 1 is 1.48 bits per heavy atom. The summed E-state index contributed by atoms with van der Waals surface area (Å²) in [7, 11) is 0. The van der Waals surface area contributed by atoms with Crippen molar-refractivity contribution in [2.24, 2.45) is 5.73 Å². The number of allylic oxidation sites excluding steroid dienone is 1. The van der Waals surface area contributed by atoms with E-state index in [-0.39, 0.29) is 0 Å². The third-order valence-corrected chi connectivity index (χ3v) is 3.19. The van der Waals surface area contributed by atoms with Gasteiger partial charge in [-0.2, -0.15) is 23.1 Å². The normalized spacial score (nSPS) is 14.3. The SMILES string of the molecule is CCc1ncc2cnn(N(/C=C(\N)C(F)(F)F)C(C)CO)c2n1. The zero-order valence-corrected chi connectivity index (χ0v) is 12.6. The Balaban J connectivity index is 2.56. The van der Waals surface area contributed by atoms with Crippen LogP contribution < -0.4 is 10.7 Å². The van der Waals surface area contributed by atoms with Crippen molar-refractivity contribution in [3.8, 4) is 0 Å². The summed E-state index contributed by atoms with van der Waals surface area (Å²) >= 11 is 0. The molecule has 10 heteroatoms. The van der Waals surface area contributed by atoms with E-state index in [9.17, 15) is 18.3 Å². The number of rotatable bonds is 5. The minimum atomic E-state index is -4.68. The molecule has 1 atom stereocenters. The molecule has 0 saturated carbocycles. The molecule has 2 aromatic heterocycles. The Hall–Kier alpha value is -2.36. The maximum absolute atomic E-state index is 12.7. The van der Waals surface area contributed by atoms with Crippen molar-refractivity contribution in [1.29, 1.82) is 0 Å². The quantitative estimate of drug-likeness (QED) is 0.852. The van der Waals surface area contributed by atoms with Crippen LogP contribution >= 0.6 is 0 Å². The zero-order chi connectivity index (χ0) is 17.2. The van der Waals surface area contributed by atoms with Gasteiger partial charge in [-0.05, 0) is 6.92 Å². The summed E-state index contributed by atoms with van der Waals surface area (Å²) in [6.45, 7) is 3.00. The standard InChI is InChI=1S/C13H17F3N6O/c1-3-11-18-4-9-5-19-22(12(9)20-11)21(8(2)7-23)6-10(17)13(14,15)16/h4-6,8,23H,3,7,17H2,1-2H3/b10-6-. The molecule has 126 valence electrons. The number of aliphatic hydroxyl groups excluding tert-OH is 1. The topological polar surface area (TPSA) is 93.1 Å². The van der Waals surface area contributed by atoms with E-state index in [1.165, 1.54) is 17.9 Å². The molecule has 7 nitrogen and oxygen atoms in total. The predicted octanol–water partition coefficient (Wildman–Crippen LogP) is 1.07. The van der Waals surface area contributed by atoms with E-state index in [0.717, 1.165) is 5.01 Å². The first-order valence-electron chi connectivity index (χ1n) is 6.91. The van der Waals surface area contributed by atoms with Crippen molar-refractivity contribution in [1.82, 2.24) is 19.9 Å². The second-order valence-electron chi connectivity index (χ2n) is 4.95. The first kappa shape index (κ1) is 17.0. The smallest absolute Gasteiger partial charge is 0.394 e. The Kier molecular flexibility index (Phi) is 4.73. The fraction of sp³-hybridized carbons (Fsp3) is 0.462. The van der Waals surface area contributed by atoms with Crippen LogP contribution in [0.1, 0.15) is 19.7 Å². The third-order valence-electron chi connectivity index (χ3n) is 3.19. The summed E-state index contributed by atoms with van der Waals surface area (Å²) in [6.07, 6.45) is -0.440. The molecule has 3 N–H and O–H groups in total. The van der Waals surface area contributed by atoms with Gasteiger partial charge in [-0.25, -0.2) is 9.97 Å². The molecule has 0 saturated heterocycles. The van der Waals surface area contributed by atoms with Gasteiger partial charge in [0.1, 0.15) is 11.5 Å². The molecule has 0 aromatic carbocycles. The summed E-state index contributed by atoms with van der Waals surface area (Å²) in [5, 5.41) is 15.0. The minimum Gasteiger partial charge on any atom is -0.394 e. The van der Waals surface area contributed by atoms with E-state index in [1.807, 2.05) is 6.92 Å². The highest BCUT2D eigenvalue weighted by Crippen LogP contribution is 2.22. The molecule has 0 radical (unpaired) electrons. The van der Waals surface area contributed by atoms with Gasteiger partial charge in [0.15, 0.2) is 5.65 Å². The van der Waals surface area contributed by atoms with Crippen LogP contribution in [0.3, 0.4) is 0 Å². The third kappa shape index (κ3) is 3.52. The van der Waals surface area contributed by atoms with Crippen LogP contribution in [0.4, 0.5) is 13.2 Å². The summed E-state index contributed by atoms with van der Waals surface area (Å²) in [5.41, 5.74) is 4.13. The highest BCUT2D eigenvalue weighted by atomic mass is 19.4. The van der Waals surface area contributed by atoms with Gasteiger partial charge in [-0.15, -0.1) is 0 Å². The molecule has 1 unspecified atom stereocenters. The molecule has 0 aliphatic carbocycles. The molecule has 0 aliphatic heterocycles. The molecule has 0 bridgehead atoms. The van der Waals surface area contributed by atoms with Crippen LogP contribution in [0.15, 0.2) is 24.3 Å². The Morgan fingerprint density at radius 3 is 2.74 bits per heavy atom. The second kappa shape index (κ2) is 6.41. The lowest BCUT2D eigenvalue weighted by Gasteiger charge is -2.27. The van der Waals surface area contributed by atoms with Gasteiger partial charge in [0.25, 0.3) is 0 Å². The van der Waals surface area contributed by atoms with Crippen LogP contribution in [0.5, 0.6) is 0 Å². The minimum absolute atomic E-state index is 0.336. The van der Waals surface area contributed by atoms with Crippen LogP contribution in [-0.4, -0.2) is 43.8 Å². The average molecular weight is 330 g/mol. The van der Waals surface area contributed by atoms with E-state index < -0.39 is 24.5 Å². The number of halogens is 3. The maximum atomic E-state index is 12.7. The average Bonchev–Trinajstić information content (AvgIpc) is 2.93. The molecule has 0 fully saturated rings. The monoisotopic (exact) mass is 330 g/mol. The summed E-state index contributed by atoms with van der Waals surface area (Å²) in [4.78, 5) is 9.56. The first-order chi connectivity index (χ1) is 10.8. The summed E-state index contributed by atoms with van der Waals surface area (Å²) in [6, 6.07) is -0.695. The zero-order valence-electron chi connectivity index (χ0n) is 12.6. The number of fused-ring (bicyclic) bond motifs is 1. The van der Waals surface area contributed by atoms with Crippen LogP contribution in [0, 0.1) is 0 Å². The van der Waals surface area contributed by atoms with Crippen LogP contribution in [-0.2, 0) is 6.42 Å². The molecule has 0 amide bonds. The predicted molar refractivity (Wildman–Crippen MR) is 77.8 cm³/mol. The number of aryl methyl sites for hydroxylation is 1. The van der Waals surface area contributed by atoms with Crippen LogP contribution in [0.2, 0.25) is 0 Å². The Labute approximate surface area is 130 Å². The molecule has 2 rings (SSSR count). The molecule has 2 heterocycles. The summed E-state index contributed by atoms with van der Waals surface area (Å²) < 4.78 is 38.1. The Bertz CT molecular complexity index is 711. The van der Waals surface area contributed by atoms with E-state index in [1.54, 1.807) is 6.20 Å². The molecule has 2 aromatic rings. The second-order valence-corrected chi connectivity index (χ2v) is 4.95. The van der Waals surface area contributed by atoms with Gasteiger partial charge in [0.05, 0.1) is 30.4 Å². The van der Waals surface area contributed by atoms with Gasteiger partial charge in [-0.3, -0.25) is 5.01 Å². The lowest BCUT2D eigenvalue weighted by Crippen LogP contribution is -2.42. The van der Waals surface area contributed by atoms with Gasteiger partial charge >= 0.3 is 6.18 Å². The van der Waals surface area contributed by atoms with E-state index in [2.05, 4.69) is 15.1 Å². The maximum Gasteiger partial charge on any atom is 0.432 e. The van der Waals surface area contributed by atoms with Gasteiger partial charge < -0.3 is 10.8 Å². The van der Waals surface area contributed by atoms with Crippen molar-refractivity contribution < 1.29 is 18.3 Å². The largest absolute Gasteiger partial charge is 0.432 e. The van der Waals surface area contributed by atoms with E-state index in [4.69, 9.17) is 5.73 Å². The number of aliphatic hydroxyl groups is 1. The number of hydrogen-bond acceptors (Lipinski definition) is 6. The highest BCUT2D eigenvalue weighted by Gasteiger charge is 2.33. The Morgan fingerprint density at radius 2 is 2.17 bits per heavy atom. The van der Waals surface area contributed by atoms with Crippen molar-refractivity contribution >= 4 is 11.0 Å². The lowest BCUT2D eigenvalue weighted by molar-refractivity contribution is -0.0930. The van der Waals surface area contributed by atoms with Gasteiger partial charge in [0, 0.05) is 12.6 Å². The number of aromatic nitrogens is 4. The molecular weight excluding hydrogens is 313 g/mol. The molecule has 0 aliphatic rings. The summed E-state index contributed by atoms with van der Waals surface area (Å²) in [5.74, 6) is 0.531. The molecular formula is C13H17F3N6O. The number of nitrogens with two attached hydrogens (primary N) is 1. The van der Waals surface area contributed by atoms with Crippen molar-refractivity contribution in [3.63, 3.8) is 0 Å².